The zero-order valence-corrected chi connectivity index (χ0v) is 20.1. The van der Waals surface area contributed by atoms with Crippen LogP contribution < -0.4 is 14.2 Å². The van der Waals surface area contributed by atoms with Gasteiger partial charge in [-0.05, 0) is 37.3 Å². The quantitative estimate of drug-likeness (QED) is 0.298. The van der Waals surface area contributed by atoms with Gasteiger partial charge in [-0.1, -0.05) is 12.1 Å². The Hall–Kier alpha value is -3.92. The molecule has 4 rings (SSSR count). The van der Waals surface area contributed by atoms with E-state index in [0.29, 0.717) is 42.0 Å². The summed E-state index contributed by atoms with van der Waals surface area (Å²) < 4.78 is 29.6. The average Bonchev–Trinajstić information content (AvgIpc) is 3.30. The number of carbonyl (C=O) groups is 1. The first-order valence-corrected chi connectivity index (χ1v) is 12.2. The van der Waals surface area contributed by atoms with E-state index in [4.69, 9.17) is 19.3 Å². The molecule has 4 aromatic rings. The highest BCUT2D eigenvalue weighted by molar-refractivity contribution is 7.84. The number of carboxylic acid groups (broad SMARTS) is 1. The summed E-state index contributed by atoms with van der Waals surface area (Å²) in [6, 6.07) is 13.9. The number of pyridine rings is 1. The minimum Gasteiger partial charge on any atom is -0.496 e. The zero-order chi connectivity index (χ0) is 24.8. The molecule has 182 valence electrons. The van der Waals surface area contributed by atoms with Gasteiger partial charge in [0.1, 0.15) is 22.8 Å². The van der Waals surface area contributed by atoms with E-state index >= 15 is 0 Å². The standard InChI is InChI=1S/C25H25N3O6S/c1-16-21(15-35(31)25-27-19-6-3-4-7-20(19)28-25)26-11-10-22(16)34-13-5-12-33-17-8-9-18(24(29)30)23(14-17)32-2/h3-4,6-11,14H,5,12-13,15H2,1-2H3,(H,27,28)(H,29,30). The normalized spacial score (nSPS) is 11.8. The van der Waals surface area contributed by atoms with E-state index in [-0.39, 0.29) is 17.1 Å². The van der Waals surface area contributed by atoms with Crippen LogP contribution in [0.5, 0.6) is 17.2 Å². The number of rotatable bonds is 11. The Labute approximate surface area is 204 Å². The number of aromatic carboxylic acids is 1. The van der Waals surface area contributed by atoms with Crippen molar-refractivity contribution >= 4 is 27.8 Å². The summed E-state index contributed by atoms with van der Waals surface area (Å²) in [7, 11) is 0.0387. The van der Waals surface area contributed by atoms with E-state index in [1.807, 2.05) is 31.2 Å². The predicted octanol–water partition coefficient (Wildman–Crippen LogP) is 4.13. The van der Waals surface area contributed by atoms with Crippen LogP contribution in [-0.2, 0) is 16.6 Å². The molecule has 0 saturated heterocycles. The SMILES string of the molecule is COc1cc(OCCCOc2ccnc(CS(=O)c3nc4ccccc4[nH]3)c2C)ccc1C(=O)O. The van der Waals surface area contributed by atoms with Crippen LogP contribution in [0, 0.1) is 6.92 Å². The third-order valence-corrected chi connectivity index (χ3v) is 6.49. The molecule has 0 aliphatic heterocycles. The van der Waals surface area contributed by atoms with Crippen LogP contribution >= 0.6 is 0 Å². The van der Waals surface area contributed by atoms with Crippen LogP contribution in [-0.4, -0.2) is 50.6 Å². The number of ether oxygens (including phenoxy) is 3. The Bertz CT molecular complexity index is 1340. The van der Waals surface area contributed by atoms with E-state index in [9.17, 15) is 9.00 Å². The molecule has 0 amide bonds. The van der Waals surface area contributed by atoms with Crippen molar-refractivity contribution in [1.82, 2.24) is 15.0 Å². The molecule has 9 nitrogen and oxygen atoms in total. The maximum atomic E-state index is 12.9. The topological polar surface area (TPSA) is 124 Å². The number of fused-ring (bicyclic) bond motifs is 1. The largest absolute Gasteiger partial charge is 0.496 e. The Morgan fingerprint density at radius 2 is 1.89 bits per heavy atom. The van der Waals surface area contributed by atoms with Gasteiger partial charge in [-0.15, -0.1) is 0 Å². The summed E-state index contributed by atoms with van der Waals surface area (Å²) in [5.74, 6) is 0.591. The van der Waals surface area contributed by atoms with E-state index in [1.54, 1.807) is 24.4 Å². The highest BCUT2D eigenvalue weighted by atomic mass is 32.2. The molecule has 2 heterocycles. The van der Waals surface area contributed by atoms with Gasteiger partial charge in [0, 0.05) is 24.2 Å². The fourth-order valence-corrected chi connectivity index (χ4v) is 4.56. The van der Waals surface area contributed by atoms with Crippen LogP contribution in [0.25, 0.3) is 11.0 Å². The minimum absolute atomic E-state index is 0.0772. The van der Waals surface area contributed by atoms with Crippen LogP contribution in [0.15, 0.2) is 59.9 Å². The van der Waals surface area contributed by atoms with Gasteiger partial charge in [-0.2, -0.15) is 0 Å². The summed E-state index contributed by atoms with van der Waals surface area (Å²) in [6.45, 7) is 2.67. The summed E-state index contributed by atoms with van der Waals surface area (Å²) >= 11 is 0. The fourth-order valence-electron chi connectivity index (χ4n) is 3.46. The van der Waals surface area contributed by atoms with Crippen molar-refractivity contribution < 1.29 is 28.3 Å². The fraction of sp³-hybridized carbons (Fsp3) is 0.240. The second kappa shape index (κ2) is 11.0. The molecule has 2 aromatic carbocycles. The van der Waals surface area contributed by atoms with Gasteiger partial charge in [-0.3, -0.25) is 9.19 Å². The van der Waals surface area contributed by atoms with Crippen molar-refractivity contribution in [1.29, 1.82) is 0 Å². The van der Waals surface area contributed by atoms with E-state index in [2.05, 4.69) is 15.0 Å². The van der Waals surface area contributed by atoms with Crippen LogP contribution in [0.2, 0.25) is 0 Å². The first kappa shape index (κ1) is 24.2. The highest BCUT2D eigenvalue weighted by Crippen LogP contribution is 2.25. The molecule has 2 N–H and O–H groups in total. The molecule has 0 fully saturated rings. The van der Waals surface area contributed by atoms with Crippen molar-refractivity contribution in [2.75, 3.05) is 20.3 Å². The molecule has 0 spiro atoms. The Morgan fingerprint density at radius 1 is 1.09 bits per heavy atom. The van der Waals surface area contributed by atoms with Gasteiger partial charge in [0.2, 0.25) is 0 Å². The maximum Gasteiger partial charge on any atom is 0.339 e. The minimum atomic E-state index is -1.37. The van der Waals surface area contributed by atoms with Crippen LogP contribution in [0.4, 0.5) is 0 Å². The van der Waals surface area contributed by atoms with Gasteiger partial charge in [0.25, 0.3) is 0 Å². The molecule has 0 aliphatic carbocycles. The number of imidazole rings is 1. The Kier molecular flexibility index (Phi) is 7.61. The number of methoxy groups -OCH3 is 1. The van der Waals surface area contributed by atoms with Gasteiger partial charge < -0.3 is 24.3 Å². The second-order valence-corrected chi connectivity index (χ2v) is 9.01. The lowest BCUT2D eigenvalue weighted by Gasteiger charge is -2.13. The van der Waals surface area contributed by atoms with Crippen molar-refractivity contribution in [2.24, 2.45) is 0 Å². The summed E-state index contributed by atoms with van der Waals surface area (Å²) in [5, 5.41) is 9.58. The summed E-state index contributed by atoms with van der Waals surface area (Å²) in [6.07, 6.45) is 2.24. The molecule has 0 bridgehead atoms. The Balaban J connectivity index is 1.30. The van der Waals surface area contributed by atoms with E-state index < -0.39 is 16.8 Å². The van der Waals surface area contributed by atoms with Crippen LogP contribution in [0.1, 0.15) is 28.0 Å². The van der Waals surface area contributed by atoms with Crippen LogP contribution in [0.3, 0.4) is 0 Å². The van der Waals surface area contributed by atoms with Crippen molar-refractivity contribution in [2.45, 2.75) is 24.3 Å². The van der Waals surface area contributed by atoms with Crippen molar-refractivity contribution in [3.05, 3.63) is 71.5 Å². The zero-order valence-electron chi connectivity index (χ0n) is 19.3. The first-order valence-electron chi connectivity index (χ1n) is 10.9. The molecular formula is C25H25N3O6S. The van der Waals surface area contributed by atoms with Crippen molar-refractivity contribution in [3.63, 3.8) is 0 Å². The van der Waals surface area contributed by atoms with Crippen molar-refractivity contribution in [3.8, 4) is 17.2 Å². The number of H-pyrrole nitrogens is 1. The highest BCUT2D eigenvalue weighted by Gasteiger charge is 2.15. The number of aromatic amines is 1. The maximum absolute atomic E-state index is 12.9. The van der Waals surface area contributed by atoms with Gasteiger partial charge in [0.15, 0.2) is 5.16 Å². The molecule has 2 aromatic heterocycles. The monoisotopic (exact) mass is 495 g/mol. The number of aromatic nitrogens is 3. The number of hydrogen-bond donors (Lipinski definition) is 2. The number of benzene rings is 2. The molecule has 0 saturated carbocycles. The second-order valence-electron chi connectivity index (χ2n) is 7.65. The third-order valence-electron chi connectivity index (χ3n) is 5.33. The molecule has 0 radical (unpaired) electrons. The third kappa shape index (κ3) is 5.78. The predicted molar refractivity (Wildman–Crippen MR) is 131 cm³/mol. The van der Waals surface area contributed by atoms with E-state index in [0.717, 1.165) is 16.6 Å². The number of nitrogens with zero attached hydrogens (tertiary/aromatic N) is 2. The smallest absolute Gasteiger partial charge is 0.339 e. The molecule has 1 unspecified atom stereocenters. The molecule has 1 atom stereocenters. The number of para-hydroxylation sites is 2. The Morgan fingerprint density at radius 3 is 2.66 bits per heavy atom. The lowest BCUT2D eigenvalue weighted by atomic mass is 10.2. The lowest BCUT2D eigenvalue weighted by Crippen LogP contribution is -2.08. The first-order chi connectivity index (χ1) is 17.0. The van der Waals surface area contributed by atoms with Gasteiger partial charge in [0.05, 0.1) is 53.6 Å². The van der Waals surface area contributed by atoms with Gasteiger partial charge >= 0.3 is 5.97 Å². The molecular weight excluding hydrogens is 470 g/mol. The lowest BCUT2D eigenvalue weighted by molar-refractivity contribution is 0.0693. The number of carboxylic acids is 1. The molecule has 0 aliphatic rings. The summed E-state index contributed by atoms with van der Waals surface area (Å²) in [4.78, 5) is 23.1. The average molecular weight is 496 g/mol. The molecule has 35 heavy (non-hydrogen) atoms. The number of hydrogen-bond acceptors (Lipinski definition) is 7. The molecule has 10 heteroatoms. The van der Waals surface area contributed by atoms with E-state index in [1.165, 1.54) is 13.2 Å². The van der Waals surface area contributed by atoms with Gasteiger partial charge in [-0.25, -0.2) is 9.78 Å². The summed E-state index contributed by atoms with van der Waals surface area (Å²) in [5.41, 5.74) is 3.20. The number of nitrogens with one attached hydrogen (secondary N) is 1.